The lowest BCUT2D eigenvalue weighted by atomic mass is 9.95. The van der Waals surface area contributed by atoms with Crippen molar-refractivity contribution >= 4 is 11.9 Å². The molecule has 1 aromatic rings. The first-order valence-corrected chi connectivity index (χ1v) is 7.26. The molecule has 0 aliphatic carbocycles. The van der Waals surface area contributed by atoms with Gasteiger partial charge in [-0.1, -0.05) is 0 Å². The molecule has 6 heteroatoms. The van der Waals surface area contributed by atoms with Gasteiger partial charge in [-0.2, -0.15) is 0 Å². The first kappa shape index (κ1) is 16.3. The van der Waals surface area contributed by atoms with E-state index in [0.717, 1.165) is 0 Å². The van der Waals surface area contributed by atoms with Gasteiger partial charge in [-0.05, 0) is 51.0 Å². The smallest absolute Gasteiger partial charge is 0.306 e. The Hall–Kier alpha value is -2.11. The van der Waals surface area contributed by atoms with Crippen LogP contribution in [0.3, 0.4) is 0 Å². The summed E-state index contributed by atoms with van der Waals surface area (Å²) in [4.78, 5) is 25.1. The summed E-state index contributed by atoms with van der Waals surface area (Å²) in [7, 11) is 0. The molecule has 22 heavy (non-hydrogen) atoms. The Morgan fingerprint density at radius 2 is 1.77 bits per heavy atom. The topological polar surface area (TPSA) is 66.8 Å². The Kier molecular flexibility index (Phi) is 4.68. The lowest BCUT2D eigenvalue weighted by Crippen LogP contribution is -2.51. The molecule has 120 valence electrons. The summed E-state index contributed by atoms with van der Waals surface area (Å²) < 4.78 is 18.6. The summed E-state index contributed by atoms with van der Waals surface area (Å²) in [5, 5.41) is 8.98. The molecule has 1 heterocycles. The van der Waals surface area contributed by atoms with Gasteiger partial charge in [0.05, 0.1) is 5.92 Å². The van der Waals surface area contributed by atoms with Crippen LogP contribution in [0.1, 0.15) is 26.7 Å². The molecule has 0 aromatic heterocycles. The number of amides is 1. The summed E-state index contributed by atoms with van der Waals surface area (Å²) in [5.41, 5.74) is -1.09. The third-order valence-corrected chi connectivity index (χ3v) is 3.83. The number of likely N-dealkylation sites (tertiary alicyclic amines) is 1. The zero-order valence-electron chi connectivity index (χ0n) is 12.7. The summed E-state index contributed by atoms with van der Waals surface area (Å²) in [5.74, 6) is -1.34. The van der Waals surface area contributed by atoms with Gasteiger partial charge in [-0.25, -0.2) is 4.39 Å². The van der Waals surface area contributed by atoms with E-state index in [1.165, 1.54) is 24.3 Å². The maximum Gasteiger partial charge on any atom is 0.306 e. The molecular formula is C16H20FNO4. The van der Waals surface area contributed by atoms with Crippen molar-refractivity contribution in [1.29, 1.82) is 0 Å². The molecule has 1 aromatic carbocycles. The van der Waals surface area contributed by atoms with Crippen LogP contribution in [0.2, 0.25) is 0 Å². The van der Waals surface area contributed by atoms with Gasteiger partial charge in [0.1, 0.15) is 11.6 Å². The van der Waals surface area contributed by atoms with E-state index in [1.54, 1.807) is 18.7 Å². The van der Waals surface area contributed by atoms with E-state index in [1.807, 2.05) is 0 Å². The number of ether oxygens (including phenoxy) is 1. The summed E-state index contributed by atoms with van der Waals surface area (Å²) in [6, 6.07) is 5.49. The minimum atomic E-state index is -1.09. The minimum absolute atomic E-state index is 0.194. The second kappa shape index (κ2) is 6.34. The predicted molar refractivity (Wildman–Crippen MR) is 78.0 cm³/mol. The number of aliphatic carboxylic acids is 1. The van der Waals surface area contributed by atoms with Gasteiger partial charge < -0.3 is 14.7 Å². The lowest BCUT2D eigenvalue weighted by molar-refractivity contribution is -0.151. The maximum atomic E-state index is 12.9. The average molecular weight is 309 g/mol. The Morgan fingerprint density at radius 3 is 2.27 bits per heavy atom. The molecule has 1 amide bonds. The van der Waals surface area contributed by atoms with Crippen molar-refractivity contribution in [3.8, 4) is 5.75 Å². The van der Waals surface area contributed by atoms with Gasteiger partial charge in [-0.15, -0.1) is 0 Å². The van der Waals surface area contributed by atoms with Crippen LogP contribution in [-0.4, -0.2) is 40.6 Å². The Balaban J connectivity index is 1.98. The molecule has 1 N–H and O–H groups in total. The molecule has 0 atom stereocenters. The molecule has 0 spiro atoms. The highest BCUT2D eigenvalue weighted by molar-refractivity contribution is 5.85. The molecule has 1 saturated heterocycles. The van der Waals surface area contributed by atoms with Crippen molar-refractivity contribution in [2.24, 2.45) is 5.92 Å². The Bertz CT molecular complexity index is 548. The molecule has 0 unspecified atom stereocenters. The van der Waals surface area contributed by atoms with Crippen molar-refractivity contribution in [2.75, 3.05) is 13.1 Å². The first-order chi connectivity index (χ1) is 10.3. The number of benzene rings is 1. The minimum Gasteiger partial charge on any atom is -0.481 e. The zero-order chi connectivity index (χ0) is 16.3. The highest BCUT2D eigenvalue weighted by atomic mass is 19.1. The van der Waals surface area contributed by atoms with E-state index in [9.17, 15) is 14.0 Å². The van der Waals surface area contributed by atoms with Gasteiger partial charge in [0, 0.05) is 13.1 Å². The van der Waals surface area contributed by atoms with Gasteiger partial charge in [0.2, 0.25) is 0 Å². The SMILES string of the molecule is CC(C)(Oc1ccc(F)cc1)C(=O)N1CCC(C(=O)O)CC1. The van der Waals surface area contributed by atoms with E-state index in [0.29, 0.717) is 31.7 Å². The molecule has 1 aliphatic rings. The van der Waals surface area contributed by atoms with Crippen molar-refractivity contribution < 1.29 is 23.8 Å². The van der Waals surface area contributed by atoms with E-state index in [4.69, 9.17) is 9.84 Å². The highest BCUT2D eigenvalue weighted by Gasteiger charge is 2.37. The number of nitrogens with zero attached hydrogens (tertiary/aromatic N) is 1. The average Bonchev–Trinajstić information content (AvgIpc) is 2.48. The lowest BCUT2D eigenvalue weighted by Gasteiger charge is -2.36. The van der Waals surface area contributed by atoms with Gasteiger partial charge >= 0.3 is 5.97 Å². The number of carbonyl (C=O) groups excluding carboxylic acids is 1. The summed E-state index contributed by atoms with van der Waals surface area (Å²) in [6.45, 7) is 4.13. The molecule has 5 nitrogen and oxygen atoms in total. The third kappa shape index (κ3) is 3.75. The second-order valence-corrected chi connectivity index (χ2v) is 5.97. The fourth-order valence-electron chi connectivity index (χ4n) is 2.55. The van der Waals surface area contributed by atoms with Gasteiger partial charge in [0.25, 0.3) is 5.91 Å². The first-order valence-electron chi connectivity index (χ1n) is 7.26. The normalized spacial score (nSPS) is 16.4. The van der Waals surface area contributed by atoms with Crippen molar-refractivity contribution in [1.82, 2.24) is 4.90 Å². The number of carboxylic acid groups (broad SMARTS) is 1. The van der Waals surface area contributed by atoms with Crippen LogP contribution in [0, 0.1) is 11.7 Å². The summed E-state index contributed by atoms with van der Waals surface area (Å²) in [6.07, 6.45) is 0.904. The van der Waals surface area contributed by atoms with Crippen LogP contribution >= 0.6 is 0 Å². The number of piperidine rings is 1. The van der Waals surface area contributed by atoms with Crippen molar-refractivity contribution in [3.05, 3.63) is 30.1 Å². The Morgan fingerprint density at radius 1 is 1.23 bits per heavy atom. The van der Waals surface area contributed by atoms with E-state index in [2.05, 4.69) is 0 Å². The molecule has 0 saturated carbocycles. The molecule has 0 radical (unpaired) electrons. The third-order valence-electron chi connectivity index (χ3n) is 3.83. The van der Waals surface area contributed by atoms with Crippen LogP contribution in [0.25, 0.3) is 0 Å². The van der Waals surface area contributed by atoms with Gasteiger partial charge in [0.15, 0.2) is 5.60 Å². The summed E-state index contributed by atoms with van der Waals surface area (Å²) >= 11 is 0. The number of halogens is 1. The molecule has 1 fully saturated rings. The molecule has 0 bridgehead atoms. The van der Waals surface area contributed by atoms with Crippen LogP contribution < -0.4 is 4.74 Å². The Labute approximate surface area is 128 Å². The van der Waals surface area contributed by atoms with Crippen LogP contribution in [0.5, 0.6) is 5.75 Å². The predicted octanol–water partition coefficient (Wildman–Crippen LogP) is 2.31. The number of hydrogen-bond donors (Lipinski definition) is 1. The zero-order valence-corrected chi connectivity index (χ0v) is 12.7. The van der Waals surface area contributed by atoms with Crippen LogP contribution in [0.4, 0.5) is 4.39 Å². The quantitative estimate of drug-likeness (QED) is 0.927. The second-order valence-electron chi connectivity index (χ2n) is 5.97. The van der Waals surface area contributed by atoms with Crippen molar-refractivity contribution in [3.63, 3.8) is 0 Å². The number of hydrogen-bond acceptors (Lipinski definition) is 3. The number of carbonyl (C=O) groups is 2. The van der Waals surface area contributed by atoms with Crippen LogP contribution in [0.15, 0.2) is 24.3 Å². The molecule has 2 rings (SSSR count). The van der Waals surface area contributed by atoms with Crippen molar-refractivity contribution in [2.45, 2.75) is 32.3 Å². The fraction of sp³-hybridized carbons (Fsp3) is 0.500. The highest BCUT2D eigenvalue weighted by Crippen LogP contribution is 2.24. The van der Waals surface area contributed by atoms with E-state index in [-0.39, 0.29) is 17.6 Å². The van der Waals surface area contributed by atoms with Gasteiger partial charge in [-0.3, -0.25) is 9.59 Å². The number of rotatable bonds is 4. The monoisotopic (exact) mass is 309 g/mol. The maximum absolute atomic E-state index is 12.9. The standard InChI is InChI=1S/C16H20FNO4/c1-16(2,22-13-5-3-12(17)4-6-13)15(21)18-9-7-11(8-10-18)14(19)20/h3-6,11H,7-10H2,1-2H3,(H,19,20). The van der Waals surface area contributed by atoms with Crippen LogP contribution in [-0.2, 0) is 9.59 Å². The fourth-order valence-corrected chi connectivity index (χ4v) is 2.55. The largest absolute Gasteiger partial charge is 0.481 e. The molecular weight excluding hydrogens is 289 g/mol. The number of carboxylic acids is 1. The molecule has 1 aliphatic heterocycles. The van der Waals surface area contributed by atoms with E-state index >= 15 is 0 Å². The van der Waals surface area contributed by atoms with E-state index < -0.39 is 11.6 Å².